The van der Waals surface area contributed by atoms with Crippen LogP contribution in [0.5, 0.6) is 0 Å². The van der Waals surface area contributed by atoms with E-state index in [2.05, 4.69) is 0 Å². The van der Waals surface area contributed by atoms with Gasteiger partial charge in [0.15, 0.2) is 9.84 Å². The van der Waals surface area contributed by atoms with Gasteiger partial charge in [-0.3, -0.25) is 0 Å². The molecule has 1 aliphatic carbocycles. The summed E-state index contributed by atoms with van der Waals surface area (Å²) in [7, 11) is -2.97. The summed E-state index contributed by atoms with van der Waals surface area (Å²) in [5.74, 6) is 0. The highest BCUT2D eigenvalue weighted by Gasteiger charge is 2.57. The quantitative estimate of drug-likeness (QED) is 0.656. The highest BCUT2D eigenvalue weighted by molar-refractivity contribution is 7.91. The third-order valence-corrected chi connectivity index (χ3v) is 3.81. The summed E-state index contributed by atoms with van der Waals surface area (Å²) in [5.41, 5.74) is 5.15. The second-order valence-electron chi connectivity index (χ2n) is 3.39. The summed E-state index contributed by atoms with van der Waals surface area (Å²) < 4.78 is 27.2. The first-order valence-electron chi connectivity index (χ1n) is 3.95. The van der Waals surface area contributed by atoms with E-state index in [4.69, 9.17) is 10.5 Å². The summed E-state index contributed by atoms with van der Waals surface area (Å²) in [5, 5.41) is -0.392. The Morgan fingerprint density at radius 3 is 2.58 bits per heavy atom. The zero-order chi connectivity index (χ0) is 9.41. The molecule has 0 saturated heterocycles. The first kappa shape index (κ1) is 9.95. The van der Waals surface area contributed by atoms with Crippen LogP contribution >= 0.6 is 0 Å². The van der Waals surface area contributed by atoms with Gasteiger partial charge in [0, 0.05) is 12.9 Å². The molecule has 4 nitrogen and oxygen atoms in total. The molecule has 0 radical (unpaired) electrons. The Labute approximate surface area is 73.0 Å². The van der Waals surface area contributed by atoms with E-state index in [-0.39, 0.29) is 0 Å². The van der Waals surface area contributed by atoms with Gasteiger partial charge < -0.3 is 10.5 Å². The lowest BCUT2D eigenvalue weighted by Crippen LogP contribution is -2.35. The Morgan fingerprint density at radius 1 is 1.67 bits per heavy atom. The van der Waals surface area contributed by atoms with Gasteiger partial charge in [0.1, 0.15) is 0 Å². The number of hydrogen-bond donors (Lipinski definition) is 1. The van der Waals surface area contributed by atoms with E-state index < -0.39 is 20.6 Å². The molecule has 1 saturated carbocycles. The Balaban J connectivity index is 2.49. The van der Waals surface area contributed by atoms with Gasteiger partial charge in [-0.2, -0.15) is 0 Å². The summed E-state index contributed by atoms with van der Waals surface area (Å²) in [6.07, 6.45) is 1.75. The predicted molar refractivity (Wildman–Crippen MR) is 46.7 cm³/mol. The van der Waals surface area contributed by atoms with E-state index in [0.29, 0.717) is 19.6 Å². The second-order valence-corrected chi connectivity index (χ2v) is 5.62. The van der Waals surface area contributed by atoms with Crippen molar-refractivity contribution in [2.75, 3.05) is 19.5 Å². The fraction of sp³-hybridized carbons (Fsp3) is 1.00. The van der Waals surface area contributed by atoms with Crippen LogP contribution < -0.4 is 5.73 Å². The number of hydrogen-bond acceptors (Lipinski definition) is 4. The van der Waals surface area contributed by atoms with Gasteiger partial charge in [-0.1, -0.05) is 0 Å². The lowest BCUT2D eigenvalue weighted by Gasteiger charge is -2.09. The van der Waals surface area contributed by atoms with Gasteiger partial charge in [0.2, 0.25) is 0 Å². The first-order valence-corrected chi connectivity index (χ1v) is 5.91. The van der Waals surface area contributed by atoms with Crippen molar-refractivity contribution in [3.8, 4) is 0 Å². The van der Waals surface area contributed by atoms with Crippen molar-refractivity contribution < 1.29 is 13.2 Å². The Hall–Kier alpha value is -0.130. The molecule has 1 rings (SSSR count). The van der Waals surface area contributed by atoms with E-state index in [1.54, 1.807) is 0 Å². The van der Waals surface area contributed by atoms with E-state index in [0.717, 1.165) is 0 Å². The molecular weight excluding hydrogens is 178 g/mol. The van der Waals surface area contributed by atoms with Crippen LogP contribution in [0.25, 0.3) is 0 Å². The van der Waals surface area contributed by atoms with Crippen molar-refractivity contribution in [1.82, 2.24) is 0 Å². The SMILES string of the molecule is CCOC[C@]1(N)C[C@H]1S(C)(=O)=O. The number of nitrogens with two attached hydrogens (primary N) is 1. The normalized spacial score (nSPS) is 35.1. The van der Waals surface area contributed by atoms with Gasteiger partial charge in [-0.25, -0.2) is 8.42 Å². The molecule has 1 aliphatic rings. The molecule has 0 unspecified atom stereocenters. The van der Waals surface area contributed by atoms with E-state index >= 15 is 0 Å². The van der Waals surface area contributed by atoms with Crippen molar-refractivity contribution in [3.63, 3.8) is 0 Å². The van der Waals surface area contributed by atoms with Gasteiger partial charge in [-0.15, -0.1) is 0 Å². The third kappa shape index (κ3) is 1.97. The molecule has 2 atom stereocenters. The lowest BCUT2D eigenvalue weighted by molar-refractivity contribution is 0.127. The summed E-state index contributed by atoms with van der Waals surface area (Å²) in [6.45, 7) is 2.79. The summed E-state index contributed by atoms with van der Waals surface area (Å²) in [6, 6.07) is 0. The molecule has 12 heavy (non-hydrogen) atoms. The highest BCUT2D eigenvalue weighted by Crippen LogP contribution is 2.39. The van der Waals surface area contributed by atoms with Crippen LogP contribution in [0.2, 0.25) is 0 Å². The summed E-state index contributed by atoms with van der Waals surface area (Å²) >= 11 is 0. The van der Waals surface area contributed by atoms with Gasteiger partial charge in [0.25, 0.3) is 0 Å². The zero-order valence-corrected chi connectivity index (χ0v) is 8.23. The fourth-order valence-electron chi connectivity index (χ4n) is 1.31. The van der Waals surface area contributed by atoms with Crippen LogP contribution in [-0.2, 0) is 14.6 Å². The highest BCUT2D eigenvalue weighted by atomic mass is 32.2. The van der Waals surface area contributed by atoms with Gasteiger partial charge in [0.05, 0.1) is 17.4 Å². The minimum atomic E-state index is -2.97. The largest absolute Gasteiger partial charge is 0.380 e. The maximum absolute atomic E-state index is 11.0. The first-order chi connectivity index (χ1) is 5.40. The van der Waals surface area contributed by atoms with Crippen LogP contribution in [0, 0.1) is 0 Å². The number of rotatable bonds is 4. The van der Waals surface area contributed by atoms with Crippen molar-refractivity contribution in [3.05, 3.63) is 0 Å². The molecule has 0 bridgehead atoms. The van der Waals surface area contributed by atoms with Crippen molar-refractivity contribution in [1.29, 1.82) is 0 Å². The molecule has 72 valence electrons. The van der Waals surface area contributed by atoms with Crippen LogP contribution in [-0.4, -0.2) is 38.7 Å². The molecule has 0 aliphatic heterocycles. The average molecular weight is 193 g/mol. The van der Waals surface area contributed by atoms with Gasteiger partial charge >= 0.3 is 0 Å². The molecule has 0 aromatic rings. The number of sulfone groups is 1. The standard InChI is InChI=1S/C7H15NO3S/c1-3-11-5-7(8)4-6(7)12(2,9)10/h6H,3-5,8H2,1-2H3/t6-,7-/m1/s1. The minimum absolute atomic E-state index is 0.348. The van der Waals surface area contributed by atoms with Crippen LogP contribution in [0.4, 0.5) is 0 Å². The Morgan fingerprint density at radius 2 is 2.25 bits per heavy atom. The topological polar surface area (TPSA) is 69.4 Å². The van der Waals surface area contributed by atoms with Crippen LogP contribution in [0.15, 0.2) is 0 Å². The Kier molecular flexibility index (Phi) is 2.47. The van der Waals surface area contributed by atoms with Crippen LogP contribution in [0.3, 0.4) is 0 Å². The third-order valence-electron chi connectivity index (χ3n) is 2.14. The molecular formula is C7H15NO3S. The molecule has 0 heterocycles. The van der Waals surface area contributed by atoms with Crippen molar-refractivity contribution in [2.45, 2.75) is 24.1 Å². The minimum Gasteiger partial charge on any atom is -0.380 e. The predicted octanol–water partition coefficient (Wildman–Crippen LogP) is -0.463. The maximum atomic E-state index is 11.0. The smallest absolute Gasteiger partial charge is 0.152 e. The molecule has 1 fully saturated rings. The maximum Gasteiger partial charge on any atom is 0.152 e. The summed E-state index contributed by atoms with van der Waals surface area (Å²) in [4.78, 5) is 0. The monoisotopic (exact) mass is 193 g/mol. The van der Waals surface area contributed by atoms with Gasteiger partial charge in [-0.05, 0) is 13.3 Å². The van der Waals surface area contributed by atoms with E-state index in [1.807, 2.05) is 6.92 Å². The zero-order valence-electron chi connectivity index (χ0n) is 7.41. The fourth-order valence-corrected chi connectivity index (χ4v) is 2.84. The van der Waals surface area contributed by atoms with E-state index in [9.17, 15) is 8.42 Å². The molecule has 0 amide bonds. The molecule has 5 heteroatoms. The van der Waals surface area contributed by atoms with Crippen molar-refractivity contribution >= 4 is 9.84 Å². The second kappa shape index (κ2) is 2.97. The molecule has 0 aromatic heterocycles. The molecule has 0 aromatic carbocycles. The number of ether oxygens (including phenoxy) is 1. The van der Waals surface area contributed by atoms with Crippen molar-refractivity contribution in [2.24, 2.45) is 5.73 Å². The van der Waals surface area contributed by atoms with E-state index in [1.165, 1.54) is 6.26 Å². The lowest BCUT2D eigenvalue weighted by atomic mass is 10.3. The average Bonchev–Trinajstić information content (AvgIpc) is 2.59. The molecule has 0 spiro atoms. The molecule has 2 N–H and O–H groups in total. The van der Waals surface area contributed by atoms with Crippen LogP contribution in [0.1, 0.15) is 13.3 Å². The Bertz CT molecular complexity index is 262.